The normalized spacial score (nSPS) is 39.5. The Kier molecular flexibility index (Phi) is 37.5. The number of nitrogens with one attached hydrogen (secondary N) is 4. The molecule has 49 heteroatoms. The van der Waals surface area contributed by atoms with Crippen molar-refractivity contribution in [1.82, 2.24) is 21.3 Å². The van der Waals surface area contributed by atoms with Crippen molar-refractivity contribution >= 4 is 52.0 Å². The van der Waals surface area contributed by atoms with Gasteiger partial charge in [-0.25, -0.2) is 0 Å². The number of likely N-dealkylation sites (N-methyl/N-ethyl adjacent to an activating group) is 4. The van der Waals surface area contributed by atoms with E-state index in [1.54, 1.807) is 27.9 Å². The van der Waals surface area contributed by atoms with E-state index in [-0.39, 0.29) is 37.5 Å². The topological polar surface area (TPSA) is 772 Å². The molecule has 0 aromatic carbocycles. The van der Waals surface area contributed by atoms with Gasteiger partial charge in [0.05, 0.1) is 49.6 Å². The fourth-order valence-electron chi connectivity index (χ4n) is 9.80. The zero-order valence-corrected chi connectivity index (χ0v) is 52.9. The van der Waals surface area contributed by atoms with Crippen molar-refractivity contribution in [2.75, 3.05) is 54.5 Å². The van der Waals surface area contributed by atoms with Gasteiger partial charge in [0.1, 0.15) is 60.0 Å². The van der Waals surface area contributed by atoms with E-state index >= 15 is 0 Å². The average molecular weight is 1420 g/mol. The average Bonchev–Trinajstić information content (AvgIpc) is 2.39. The van der Waals surface area contributed by atoms with E-state index in [2.05, 4.69) is 21.3 Å². The second kappa shape index (κ2) is 38.2. The molecule has 0 bridgehead atoms. The molecule has 0 spiro atoms. The fraction of sp³-hybridized carbons (Fsp3) is 1.00. The van der Waals surface area contributed by atoms with Crippen molar-refractivity contribution in [3.05, 3.63) is 0 Å². The second-order valence-electron chi connectivity index (χ2n) is 21.2. The first-order valence-electron chi connectivity index (χ1n) is 26.2. The van der Waals surface area contributed by atoms with E-state index in [9.17, 15) is 30.6 Å². The van der Waals surface area contributed by atoms with Crippen molar-refractivity contribution in [1.29, 1.82) is 0 Å². The first-order chi connectivity index (χ1) is 40.2. The van der Waals surface area contributed by atoms with Crippen LogP contribution in [-0.2, 0) is 89.9 Å². The smallest absolute Gasteiger partial charge is 0.388 e. The summed E-state index contributed by atoms with van der Waals surface area (Å²) in [4.78, 5) is 0. The SMILES string of the molecule is CNC[C@@H]1CC[C@@H](N)[C@@H](O[C@H]2[C@H](O)[C@@H](O[C@H]3OC[C@](C)(O)[C@H](NC)[C@H]3O)[C@H](N)C[C@@H]2N)O1.CNC[C@@H]1CC[C@@H](N)[C@@H](O[C@H]2[C@H](O)[C@@H](O[C@H]3OC[C@](C)(O)[C@H](NC)[C@H]3O)[C@H](N)C[C@@H]2N)O1.O=S(=O)(O)O.O=S(=O)(O)O.O=S(=O)(O)O.O=S(=O)(O)O.O=S(=O)(O)O. The van der Waals surface area contributed by atoms with Crippen LogP contribution in [0.1, 0.15) is 52.4 Å². The molecule has 32 N–H and O–H groups in total. The van der Waals surface area contributed by atoms with Crippen LogP contribution in [0.2, 0.25) is 0 Å². The molecule has 0 unspecified atom stereocenters. The van der Waals surface area contributed by atoms with Crippen LogP contribution < -0.4 is 55.7 Å². The molecule has 89 heavy (non-hydrogen) atoms. The molecule has 44 nitrogen and oxygen atoms in total. The molecule has 4 heterocycles. The van der Waals surface area contributed by atoms with E-state index in [0.29, 0.717) is 25.9 Å². The van der Waals surface area contributed by atoms with Crippen molar-refractivity contribution in [3.8, 4) is 0 Å². The Hall–Kier alpha value is -1.61. The number of rotatable bonds is 14. The van der Waals surface area contributed by atoms with Gasteiger partial charge < -0.3 is 124 Å². The Bertz CT molecular complexity index is 2300. The Morgan fingerprint density at radius 3 is 0.843 bits per heavy atom. The Labute approximate surface area is 514 Å². The van der Waals surface area contributed by atoms with E-state index < -0.39 is 173 Å². The van der Waals surface area contributed by atoms with E-state index in [0.717, 1.165) is 25.7 Å². The summed E-state index contributed by atoms with van der Waals surface area (Å²) in [5.41, 5.74) is 34.8. The van der Waals surface area contributed by atoms with Gasteiger partial charge in [0.15, 0.2) is 25.2 Å². The summed E-state index contributed by atoms with van der Waals surface area (Å²) in [6, 6.07) is -4.39. The molecule has 536 valence electrons. The van der Waals surface area contributed by atoms with Gasteiger partial charge >= 0.3 is 52.0 Å². The summed E-state index contributed by atoms with van der Waals surface area (Å²) in [5.74, 6) is 0. The highest BCUT2D eigenvalue weighted by Crippen LogP contribution is 2.34. The maximum atomic E-state index is 11.1. The molecule has 2 saturated carbocycles. The largest absolute Gasteiger partial charge is 0.394 e. The van der Waals surface area contributed by atoms with Gasteiger partial charge in [-0.05, 0) is 80.6 Å². The maximum Gasteiger partial charge on any atom is 0.394 e. The van der Waals surface area contributed by atoms with Crippen LogP contribution in [-0.4, -0.2) is 318 Å². The minimum Gasteiger partial charge on any atom is -0.388 e. The summed E-state index contributed by atoms with van der Waals surface area (Å²) in [6.07, 6.45) is -8.24. The minimum absolute atomic E-state index is 0.0480. The second-order valence-corrected chi connectivity index (χ2v) is 25.7. The minimum atomic E-state index is -4.67. The summed E-state index contributed by atoms with van der Waals surface area (Å²) in [6.45, 7) is 4.33. The number of hydrogen-bond acceptors (Lipinski definition) is 34. The summed E-state index contributed by atoms with van der Waals surface area (Å²) >= 11 is 0. The predicted molar refractivity (Wildman–Crippen MR) is 302 cm³/mol. The van der Waals surface area contributed by atoms with Crippen LogP contribution in [0.4, 0.5) is 0 Å². The maximum absolute atomic E-state index is 11.1. The summed E-state index contributed by atoms with van der Waals surface area (Å²) in [5, 5.41) is 76.3. The lowest BCUT2D eigenvalue weighted by atomic mass is 9.84. The molecule has 0 aromatic heterocycles. The molecular weight excluding hydrogens is 1320 g/mol. The van der Waals surface area contributed by atoms with Crippen molar-refractivity contribution in [2.45, 2.75) is 198 Å². The Morgan fingerprint density at radius 2 is 0.629 bits per heavy atom. The first-order valence-corrected chi connectivity index (χ1v) is 33.2. The molecule has 6 rings (SSSR count). The van der Waals surface area contributed by atoms with Gasteiger partial charge in [0, 0.05) is 37.3 Å². The molecule has 24 atom stereocenters. The Morgan fingerprint density at radius 1 is 0.404 bits per heavy atom. The number of aliphatic hydroxyl groups is 6. The lowest BCUT2D eigenvalue weighted by molar-refractivity contribution is -0.306. The summed E-state index contributed by atoms with van der Waals surface area (Å²) < 4.78 is 205. The van der Waals surface area contributed by atoms with Crippen LogP contribution in [0.25, 0.3) is 0 Å². The van der Waals surface area contributed by atoms with Crippen LogP contribution in [0.5, 0.6) is 0 Å². The van der Waals surface area contributed by atoms with Crippen molar-refractivity contribution < 1.29 is 156 Å². The molecule has 0 amide bonds. The molecule has 4 saturated heterocycles. The highest BCUT2D eigenvalue weighted by molar-refractivity contribution is 7.80. The third-order valence-electron chi connectivity index (χ3n) is 13.4. The highest BCUT2D eigenvalue weighted by atomic mass is 32.3. The highest BCUT2D eigenvalue weighted by Gasteiger charge is 2.53. The van der Waals surface area contributed by atoms with E-state index in [1.165, 1.54) is 0 Å². The lowest BCUT2D eigenvalue weighted by Gasteiger charge is -2.48. The van der Waals surface area contributed by atoms with Gasteiger partial charge in [-0.1, -0.05) is 0 Å². The fourth-order valence-corrected chi connectivity index (χ4v) is 9.80. The third kappa shape index (κ3) is 36.2. The van der Waals surface area contributed by atoms with Crippen molar-refractivity contribution in [2.24, 2.45) is 34.4 Å². The molecule has 4 aliphatic heterocycles. The Balaban J connectivity index is 0.00000126. The number of ether oxygens (including phenoxy) is 8. The molecule has 2 aliphatic carbocycles. The predicted octanol–water partition coefficient (Wildman–Crippen LogP) is -10.7. The van der Waals surface area contributed by atoms with Gasteiger partial charge in [-0.3, -0.25) is 45.5 Å². The standard InChI is InChI=1S/2C20H41N5O7.5H2O4S/c2*1-20(28)8-29-19(14(27)17(20)25-3)32-16-12(23)6-11(22)15(13(16)26)31-18-10(21)5-4-9(30-18)7-24-2;5*1-5(2,3)4/h2*9-19,24-28H,4-8,21-23H2,1-3H3;5*(H2,1,2,3,4)/t2*9-,10+,11-,12+,13-,14+,15+,16-,17+,18+,19+,20-;;;;;/m00...../s1. The third-order valence-corrected chi connectivity index (χ3v) is 13.4. The first kappa shape index (κ1) is 87.4. The monoisotopic (exact) mass is 1420 g/mol. The van der Waals surface area contributed by atoms with Crippen LogP contribution >= 0.6 is 0 Å². The van der Waals surface area contributed by atoms with E-state index in [4.69, 9.17) is 160 Å². The number of nitrogens with two attached hydrogens (primary N) is 6. The van der Waals surface area contributed by atoms with Crippen molar-refractivity contribution in [3.63, 3.8) is 0 Å². The van der Waals surface area contributed by atoms with Gasteiger partial charge in [0.2, 0.25) is 0 Å². The van der Waals surface area contributed by atoms with Crippen LogP contribution in [0.15, 0.2) is 0 Å². The zero-order chi connectivity index (χ0) is 69.8. The summed E-state index contributed by atoms with van der Waals surface area (Å²) in [7, 11) is -16.4. The van der Waals surface area contributed by atoms with Gasteiger partial charge in [-0.15, -0.1) is 0 Å². The molecule has 0 aromatic rings. The number of hydrogen-bond donors (Lipinski definition) is 26. The van der Waals surface area contributed by atoms with Crippen LogP contribution in [0, 0.1) is 0 Å². The van der Waals surface area contributed by atoms with Gasteiger partial charge in [0.25, 0.3) is 0 Å². The molecular formula is C40H92N10O34S5. The zero-order valence-electron chi connectivity index (χ0n) is 48.8. The van der Waals surface area contributed by atoms with Crippen LogP contribution in [0.3, 0.4) is 0 Å². The molecule has 0 radical (unpaired) electrons. The molecule has 6 fully saturated rings. The number of aliphatic hydroxyl groups excluding tert-OH is 4. The lowest BCUT2D eigenvalue weighted by Crippen LogP contribution is -2.68. The van der Waals surface area contributed by atoms with E-state index in [1.807, 2.05) is 14.1 Å². The van der Waals surface area contributed by atoms with Gasteiger partial charge in [-0.2, -0.15) is 42.1 Å². The quantitative estimate of drug-likeness (QED) is 0.0718. The molecule has 6 aliphatic rings.